The van der Waals surface area contributed by atoms with Crippen molar-refractivity contribution in [3.63, 3.8) is 0 Å². The van der Waals surface area contributed by atoms with Crippen LogP contribution >= 0.6 is 0 Å². The van der Waals surface area contributed by atoms with Gasteiger partial charge in [0.25, 0.3) is 0 Å². The number of nitriles is 3. The van der Waals surface area contributed by atoms with Crippen LogP contribution in [0.5, 0.6) is 0 Å². The minimum absolute atomic E-state index is 0.562. The van der Waals surface area contributed by atoms with Crippen molar-refractivity contribution in [2.75, 3.05) is 0 Å². The SMILES string of the molecule is N#Cc1ccc2c(c1)c1cc(C#N)ccc1n2-c1ccccc1-c1ccc(C#N)c(-c2cccc(-n3c4ccccc4c4ccccc43)c2)c1. The number of aromatic nitrogens is 2. The minimum atomic E-state index is 0.562. The minimum Gasteiger partial charge on any atom is -0.309 e. The van der Waals surface area contributed by atoms with Gasteiger partial charge in [-0.05, 0) is 90.0 Å². The van der Waals surface area contributed by atoms with E-state index in [4.69, 9.17) is 0 Å². The Morgan fingerprint density at radius 1 is 0.380 bits per heavy atom. The van der Waals surface area contributed by atoms with E-state index in [9.17, 15) is 15.8 Å². The predicted molar refractivity (Wildman–Crippen MR) is 200 cm³/mol. The molecular weight excluding hydrogens is 611 g/mol. The molecule has 7 aromatic carbocycles. The van der Waals surface area contributed by atoms with Crippen LogP contribution in [0.2, 0.25) is 0 Å². The van der Waals surface area contributed by atoms with E-state index in [2.05, 4.69) is 118 Å². The average molecular weight is 636 g/mol. The van der Waals surface area contributed by atoms with Crippen molar-refractivity contribution in [1.29, 1.82) is 15.8 Å². The first-order chi connectivity index (χ1) is 24.7. The Morgan fingerprint density at radius 2 is 0.960 bits per heavy atom. The van der Waals surface area contributed by atoms with Crippen LogP contribution in [0.25, 0.3) is 77.2 Å². The lowest BCUT2D eigenvalue weighted by Gasteiger charge is -2.16. The van der Waals surface area contributed by atoms with Crippen LogP contribution in [-0.2, 0) is 0 Å². The third-order valence-electron chi connectivity index (χ3n) is 9.61. The number of fused-ring (bicyclic) bond motifs is 6. The van der Waals surface area contributed by atoms with Crippen molar-refractivity contribution in [1.82, 2.24) is 9.13 Å². The molecule has 0 amide bonds. The van der Waals surface area contributed by atoms with E-state index in [0.29, 0.717) is 16.7 Å². The van der Waals surface area contributed by atoms with Gasteiger partial charge in [0.15, 0.2) is 0 Å². The van der Waals surface area contributed by atoms with Gasteiger partial charge in [0.1, 0.15) is 0 Å². The first kappa shape index (κ1) is 28.8. The second kappa shape index (κ2) is 11.4. The van der Waals surface area contributed by atoms with E-state index in [-0.39, 0.29) is 0 Å². The van der Waals surface area contributed by atoms with Gasteiger partial charge in [0.2, 0.25) is 0 Å². The molecule has 0 aliphatic heterocycles. The number of benzene rings is 7. The Bertz CT molecular complexity index is 2850. The summed E-state index contributed by atoms with van der Waals surface area (Å²) in [5, 5.41) is 33.9. The zero-order valence-corrected chi connectivity index (χ0v) is 26.7. The summed E-state index contributed by atoms with van der Waals surface area (Å²) in [7, 11) is 0. The van der Waals surface area contributed by atoms with Gasteiger partial charge in [-0.15, -0.1) is 0 Å². The molecule has 2 aromatic heterocycles. The van der Waals surface area contributed by atoms with Gasteiger partial charge in [-0.2, -0.15) is 15.8 Å². The lowest BCUT2D eigenvalue weighted by Crippen LogP contribution is -1.98. The highest BCUT2D eigenvalue weighted by molar-refractivity contribution is 6.11. The first-order valence-corrected chi connectivity index (χ1v) is 16.3. The van der Waals surface area contributed by atoms with Crippen LogP contribution in [0.15, 0.2) is 152 Å². The molecule has 5 nitrogen and oxygen atoms in total. The summed E-state index contributed by atoms with van der Waals surface area (Å²) in [6, 6.07) is 57.9. The lowest BCUT2D eigenvalue weighted by atomic mass is 9.94. The molecule has 50 heavy (non-hydrogen) atoms. The molecule has 9 aromatic rings. The van der Waals surface area contributed by atoms with Crippen molar-refractivity contribution >= 4 is 43.6 Å². The van der Waals surface area contributed by atoms with E-state index in [1.807, 2.05) is 60.7 Å². The Labute approximate surface area is 287 Å². The standard InChI is InChI=1S/C45H25N5/c46-26-29-16-20-44-39(22-29)40-23-30(27-47)17-21-45(40)50(44)41-13-4-1-10-35(41)32-18-19-33(28-48)38(25-32)31-8-7-9-34(24-31)49-42-14-5-2-11-36(42)37-12-3-6-15-43(37)49/h1-25H. The van der Waals surface area contributed by atoms with E-state index in [0.717, 1.165) is 66.5 Å². The van der Waals surface area contributed by atoms with Crippen molar-refractivity contribution in [2.45, 2.75) is 0 Å². The lowest BCUT2D eigenvalue weighted by molar-refractivity contribution is 1.18. The van der Waals surface area contributed by atoms with Gasteiger partial charge >= 0.3 is 0 Å². The highest BCUT2D eigenvalue weighted by Crippen LogP contribution is 2.39. The highest BCUT2D eigenvalue weighted by Gasteiger charge is 2.18. The summed E-state index contributed by atoms with van der Waals surface area (Å²) < 4.78 is 4.49. The largest absolute Gasteiger partial charge is 0.309 e. The molecule has 0 aliphatic rings. The van der Waals surface area contributed by atoms with E-state index < -0.39 is 0 Å². The molecule has 0 fully saturated rings. The maximum absolute atomic E-state index is 10.3. The van der Waals surface area contributed by atoms with Crippen LogP contribution in [-0.4, -0.2) is 9.13 Å². The number of hydrogen-bond acceptors (Lipinski definition) is 3. The Hall–Kier alpha value is -7.39. The van der Waals surface area contributed by atoms with Gasteiger partial charge in [0, 0.05) is 38.4 Å². The Morgan fingerprint density at radius 3 is 1.60 bits per heavy atom. The summed E-state index contributed by atoms with van der Waals surface area (Å²) in [6.45, 7) is 0. The van der Waals surface area contributed by atoms with E-state index in [1.165, 1.54) is 10.8 Å². The summed E-state index contributed by atoms with van der Waals surface area (Å²) in [4.78, 5) is 0. The van der Waals surface area contributed by atoms with Crippen LogP contribution in [0.1, 0.15) is 16.7 Å². The van der Waals surface area contributed by atoms with Crippen molar-refractivity contribution in [3.8, 4) is 51.8 Å². The number of nitrogens with zero attached hydrogens (tertiary/aromatic N) is 5. The molecule has 0 aliphatic carbocycles. The molecule has 0 N–H and O–H groups in total. The summed E-state index contributed by atoms with van der Waals surface area (Å²) >= 11 is 0. The zero-order valence-electron chi connectivity index (χ0n) is 26.7. The molecule has 9 rings (SSSR count). The Kier molecular flexibility index (Phi) is 6.56. The smallest absolute Gasteiger partial charge is 0.0998 e. The van der Waals surface area contributed by atoms with Crippen LogP contribution in [0, 0.1) is 34.0 Å². The fraction of sp³-hybridized carbons (Fsp3) is 0. The second-order valence-electron chi connectivity index (χ2n) is 12.3. The molecule has 0 bridgehead atoms. The molecule has 0 saturated carbocycles. The van der Waals surface area contributed by atoms with Crippen molar-refractivity contribution < 1.29 is 0 Å². The van der Waals surface area contributed by atoms with Gasteiger partial charge in [-0.1, -0.05) is 72.8 Å². The topological polar surface area (TPSA) is 81.2 Å². The van der Waals surface area contributed by atoms with Crippen LogP contribution in [0.4, 0.5) is 0 Å². The molecule has 0 radical (unpaired) electrons. The van der Waals surface area contributed by atoms with E-state index in [1.54, 1.807) is 0 Å². The molecule has 230 valence electrons. The van der Waals surface area contributed by atoms with Crippen LogP contribution in [0.3, 0.4) is 0 Å². The quantitative estimate of drug-likeness (QED) is 0.193. The maximum Gasteiger partial charge on any atom is 0.0998 e. The average Bonchev–Trinajstić information content (AvgIpc) is 3.69. The van der Waals surface area contributed by atoms with Gasteiger partial charge < -0.3 is 9.13 Å². The predicted octanol–water partition coefficient (Wildman–Crippen LogP) is 10.8. The summed E-state index contributed by atoms with van der Waals surface area (Å²) in [6.07, 6.45) is 0. The first-order valence-electron chi connectivity index (χ1n) is 16.3. The zero-order chi connectivity index (χ0) is 33.8. The number of hydrogen-bond donors (Lipinski definition) is 0. The van der Waals surface area contributed by atoms with Gasteiger partial charge in [-0.25, -0.2) is 0 Å². The highest BCUT2D eigenvalue weighted by atomic mass is 15.0. The third kappa shape index (κ3) is 4.38. The fourth-order valence-electron chi connectivity index (χ4n) is 7.40. The van der Waals surface area contributed by atoms with Crippen LogP contribution < -0.4 is 0 Å². The molecule has 5 heteroatoms. The Balaban J connectivity index is 1.24. The summed E-state index contributed by atoms with van der Waals surface area (Å²) in [5.74, 6) is 0. The molecule has 0 saturated heterocycles. The third-order valence-corrected chi connectivity index (χ3v) is 9.61. The summed E-state index contributed by atoms with van der Waals surface area (Å²) in [5.41, 5.74) is 11.6. The molecular formula is C45H25N5. The normalized spacial score (nSPS) is 11.1. The number of para-hydroxylation sites is 3. The van der Waals surface area contributed by atoms with Gasteiger partial charge in [-0.3, -0.25) is 0 Å². The van der Waals surface area contributed by atoms with Crippen molar-refractivity contribution in [3.05, 3.63) is 168 Å². The molecule has 0 unspecified atom stereocenters. The molecule has 2 heterocycles. The molecule has 0 spiro atoms. The maximum atomic E-state index is 10.3. The monoisotopic (exact) mass is 635 g/mol. The molecule has 0 atom stereocenters. The fourth-order valence-corrected chi connectivity index (χ4v) is 7.40. The second-order valence-corrected chi connectivity index (χ2v) is 12.3. The van der Waals surface area contributed by atoms with Crippen molar-refractivity contribution in [2.24, 2.45) is 0 Å². The van der Waals surface area contributed by atoms with Gasteiger partial charge in [0.05, 0.1) is 62.7 Å². The number of rotatable bonds is 4. The van der Waals surface area contributed by atoms with E-state index >= 15 is 0 Å².